The van der Waals surface area contributed by atoms with Crippen LogP contribution >= 0.6 is 23.2 Å². The van der Waals surface area contributed by atoms with Crippen molar-refractivity contribution < 1.29 is 23.9 Å². The van der Waals surface area contributed by atoms with E-state index in [4.69, 9.17) is 27.9 Å². The van der Waals surface area contributed by atoms with E-state index < -0.39 is 46.9 Å². The second kappa shape index (κ2) is 7.84. The van der Waals surface area contributed by atoms with Gasteiger partial charge in [-0.05, 0) is 49.2 Å². The van der Waals surface area contributed by atoms with Crippen molar-refractivity contribution in [3.8, 4) is 0 Å². The van der Waals surface area contributed by atoms with Crippen molar-refractivity contribution in [2.24, 2.45) is 11.8 Å². The number of imide groups is 1. The van der Waals surface area contributed by atoms with Crippen LogP contribution in [-0.2, 0) is 14.3 Å². The number of fused-ring (bicyclic) bond motifs is 3. The summed E-state index contributed by atoms with van der Waals surface area (Å²) in [5.74, 6) is -4.88. The number of nitrogens with zero attached hydrogens (tertiary/aromatic N) is 1. The van der Waals surface area contributed by atoms with Crippen LogP contribution in [0.1, 0.15) is 43.5 Å². The standard InChI is InChI=1S/C28H19Cl2NO5/c1-13-9-14(2)11-16(10-13)31-26(34)21-22(27(31)35)28(24(32)17-5-3-4-6-18(17)25(28)33)36-23(21)19-8-7-15(29)12-20(19)30/h3-12,21-23H,1-2H3/t21-,22+,23-/m1/s1. The zero-order valence-corrected chi connectivity index (χ0v) is 20.8. The molecule has 0 N–H and O–H groups in total. The summed E-state index contributed by atoms with van der Waals surface area (Å²) >= 11 is 12.6. The van der Waals surface area contributed by atoms with Crippen LogP contribution in [0.3, 0.4) is 0 Å². The van der Waals surface area contributed by atoms with Gasteiger partial charge in [-0.1, -0.05) is 59.6 Å². The van der Waals surface area contributed by atoms with Gasteiger partial charge in [-0.3, -0.25) is 19.2 Å². The Balaban J connectivity index is 1.57. The number of carbonyl (C=O) groups is 4. The van der Waals surface area contributed by atoms with E-state index >= 15 is 0 Å². The molecule has 180 valence electrons. The van der Waals surface area contributed by atoms with Crippen LogP contribution in [0.25, 0.3) is 0 Å². The average molecular weight is 520 g/mol. The van der Waals surface area contributed by atoms with Crippen LogP contribution in [-0.4, -0.2) is 29.0 Å². The third kappa shape index (κ3) is 2.95. The molecule has 2 saturated heterocycles. The Labute approximate surface area is 216 Å². The highest BCUT2D eigenvalue weighted by molar-refractivity contribution is 6.37. The molecule has 1 spiro atoms. The lowest BCUT2D eigenvalue weighted by atomic mass is 9.77. The highest BCUT2D eigenvalue weighted by Gasteiger charge is 2.74. The van der Waals surface area contributed by atoms with Crippen molar-refractivity contribution in [3.63, 3.8) is 0 Å². The molecule has 0 unspecified atom stereocenters. The minimum atomic E-state index is -2.15. The van der Waals surface area contributed by atoms with Crippen LogP contribution in [0.15, 0.2) is 60.7 Å². The number of hydrogen-bond acceptors (Lipinski definition) is 5. The minimum Gasteiger partial charge on any atom is -0.349 e. The maximum Gasteiger partial charge on any atom is 0.241 e. The van der Waals surface area contributed by atoms with Crippen molar-refractivity contribution in [2.45, 2.75) is 25.6 Å². The highest BCUT2D eigenvalue weighted by atomic mass is 35.5. The third-order valence-corrected chi connectivity index (χ3v) is 7.82. The smallest absolute Gasteiger partial charge is 0.241 e. The van der Waals surface area contributed by atoms with Crippen molar-refractivity contribution >= 4 is 52.3 Å². The molecule has 3 aromatic carbocycles. The number of anilines is 1. The van der Waals surface area contributed by atoms with E-state index in [1.165, 1.54) is 18.2 Å². The summed E-state index contributed by atoms with van der Waals surface area (Å²) in [6, 6.07) is 16.4. The predicted octanol–water partition coefficient (Wildman–Crippen LogP) is 5.31. The van der Waals surface area contributed by atoms with Crippen LogP contribution < -0.4 is 4.90 Å². The number of aryl methyl sites for hydroxylation is 2. The van der Waals surface area contributed by atoms with Gasteiger partial charge in [0.05, 0.1) is 23.6 Å². The molecule has 6 rings (SSSR count). The van der Waals surface area contributed by atoms with E-state index in [0.29, 0.717) is 16.3 Å². The van der Waals surface area contributed by atoms with Gasteiger partial charge in [-0.2, -0.15) is 0 Å². The van der Waals surface area contributed by atoms with Crippen molar-refractivity contribution in [1.82, 2.24) is 0 Å². The highest BCUT2D eigenvalue weighted by Crippen LogP contribution is 2.58. The zero-order valence-electron chi connectivity index (χ0n) is 19.2. The Morgan fingerprint density at radius 3 is 2.00 bits per heavy atom. The van der Waals surface area contributed by atoms with Gasteiger partial charge in [0.25, 0.3) is 0 Å². The second-order valence-electron chi connectivity index (χ2n) is 9.51. The van der Waals surface area contributed by atoms with Gasteiger partial charge < -0.3 is 4.74 Å². The Morgan fingerprint density at radius 1 is 0.806 bits per heavy atom. The third-order valence-electron chi connectivity index (χ3n) is 7.25. The van der Waals surface area contributed by atoms with Gasteiger partial charge >= 0.3 is 0 Å². The van der Waals surface area contributed by atoms with E-state index in [-0.39, 0.29) is 16.1 Å². The number of rotatable bonds is 2. The lowest BCUT2D eigenvalue weighted by Crippen LogP contribution is -2.51. The van der Waals surface area contributed by atoms with Crippen LogP contribution in [0.2, 0.25) is 10.0 Å². The summed E-state index contributed by atoms with van der Waals surface area (Å²) in [5, 5.41) is 0.586. The number of benzene rings is 3. The second-order valence-corrected chi connectivity index (χ2v) is 10.3. The average Bonchev–Trinajstić information content (AvgIpc) is 3.38. The number of hydrogen-bond donors (Lipinski definition) is 0. The summed E-state index contributed by atoms with van der Waals surface area (Å²) in [6.45, 7) is 3.73. The molecule has 2 amide bonds. The van der Waals surface area contributed by atoms with E-state index in [9.17, 15) is 19.2 Å². The van der Waals surface area contributed by atoms with Crippen molar-refractivity contribution in [1.29, 1.82) is 0 Å². The molecule has 0 aromatic heterocycles. The predicted molar refractivity (Wildman–Crippen MR) is 134 cm³/mol. The van der Waals surface area contributed by atoms with E-state index in [2.05, 4.69) is 0 Å². The topological polar surface area (TPSA) is 80.8 Å². The molecule has 2 heterocycles. The Morgan fingerprint density at radius 2 is 1.42 bits per heavy atom. The Bertz CT molecular complexity index is 1470. The molecule has 3 aliphatic rings. The van der Waals surface area contributed by atoms with E-state index in [1.54, 1.807) is 36.4 Å². The summed E-state index contributed by atoms with van der Waals surface area (Å²) in [5.41, 5.74) is 0.708. The van der Waals surface area contributed by atoms with Crippen LogP contribution in [0.4, 0.5) is 5.69 Å². The Hall–Kier alpha value is -3.32. The molecule has 6 nitrogen and oxygen atoms in total. The minimum absolute atomic E-state index is 0.175. The molecule has 0 radical (unpaired) electrons. The molecule has 0 bridgehead atoms. The fourth-order valence-corrected chi connectivity index (χ4v) is 6.38. The fourth-order valence-electron chi connectivity index (χ4n) is 5.87. The number of ketones is 2. The summed E-state index contributed by atoms with van der Waals surface area (Å²) < 4.78 is 6.27. The lowest BCUT2D eigenvalue weighted by molar-refractivity contribution is -0.127. The summed E-state index contributed by atoms with van der Waals surface area (Å²) in [4.78, 5) is 56.7. The molecule has 1 aliphatic carbocycles. The van der Waals surface area contributed by atoms with Crippen molar-refractivity contribution in [2.75, 3.05) is 4.90 Å². The first-order chi connectivity index (χ1) is 17.1. The SMILES string of the molecule is Cc1cc(C)cc(N2C(=O)[C@H]3[C@@H](c4ccc(Cl)cc4Cl)OC4(C(=O)c5ccccc5C4=O)[C@@H]3C2=O)c1. The first kappa shape index (κ1) is 23.1. The van der Waals surface area contributed by atoms with Crippen molar-refractivity contribution in [3.05, 3.63) is 98.5 Å². The number of ether oxygens (including phenoxy) is 1. The first-order valence-corrected chi connectivity index (χ1v) is 12.2. The molecule has 0 saturated carbocycles. The summed E-state index contributed by atoms with van der Waals surface area (Å²) in [6.07, 6.45) is -1.10. The number of carbonyl (C=O) groups excluding carboxylic acids is 4. The molecule has 8 heteroatoms. The number of Topliss-reactive ketones (excluding diaryl/α,β-unsaturated/α-hetero) is 2. The van der Waals surface area contributed by atoms with Gasteiger partial charge in [-0.15, -0.1) is 0 Å². The number of halogens is 2. The number of amides is 2. The molecule has 3 atom stereocenters. The Kier molecular flexibility index (Phi) is 5.03. The van der Waals surface area contributed by atoms with Gasteiger partial charge in [-0.25, -0.2) is 4.90 Å². The lowest BCUT2D eigenvalue weighted by Gasteiger charge is -2.27. The van der Waals surface area contributed by atoms with Crippen LogP contribution in [0, 0.1) is 25.7 Å². The quantitative estimate of drug-likeness (QED) is 0.338. The summed E-state index contributed by atoms with van der Waals surface area (Å²) in [7, 11) is 0. The zero-order chi connectivity index (χ0) is 25.5. The largest absolute Gasteiger partial charge is 0.349 e. The molecular weight excluding hydrogens is 501 g/mol. The first-order valence-electron chi connectivity index (χ1n) is 11.4. The molecule has 3 aromatic rings. The maximum atomic E-state index is 14.0. The van der Waals surface area contributed by atoms with E-state index in [1.807, 2.05) is 19.9 Å². The van der Waals surface area contributed by atoms with Gasteiger partial charge in [0, 0.05) is 26.7 Å². The van der Waals surface area contributed by atoms with E-state index in [0.717, 1.165) is 16.0 Å². The normalized spacial score (nSPS) is 24.1. The molecule has 36 heavy (non-hydrogen) atoms. The molecule has 2 fully saturated rings. The molecule has 2 aliphatic heterocycles. The maximum absolute atomic E-state index is 14.0. The van der Waals surface area contributed by atoms with Gasteiger partial charge in [0.2, 0.25) is 29.0 Å². The molecular formula is C28H19Cl2NO5. The van der Waals surface area contributed by atoms with Gasteiger partial charge in [0.15, 0.2) is 0 Å². The fraction of sp³-hybridized carbons (Fsp3) is 0.214. The van der Waals surface area contributed by atoms with Gasteiger partial charge in [0.1, 0.15) is 0 Å². The van der Waals surface area contributed by atoms with Crippen LogP contribution in [0.5, 0.6) is 0 Å². The monoisotopic (exact) mass is 519 g/mol.